The number of amides is 2. The fraction of sp³-hybridized carbons (Fsp3) is 0.250. The number of halogens is 2. The molecule has 10 heteroatoms. The second kappa shape index (κ2) is 9.61. The van der Waals surface area contributed by atoms with Gasteiger partial charge in [-0.15, -0.1) is 11.8 Å². The fourth-order valence-corrected chi connectivity index (χ4v) is 3.21. The number of carbonyl (C=O) groups excluding carboxylic acids is 2. The molecule has 0 spiro atoms. The van der Waals surface area contributed by atoms with Crippen LogP contribution >= 0.6 is 35.0 Å². The molecule has 0 aliphatic carbocycles. The van der Waals surface area contributed by atoms with Crippen molar-refractivity contribution in [3.05, 3.63) is 56.4 Å². The van der Waals surface area contributed by atoms with E-state index in [-0.39, 0.29) is 35.7 Å². The molecule has 2 amide bonds. The maximum atomic E-state index is 12.2. The monoisotopic (exact) mass is 414 g/mol. The maximum Gasteiger partial charge on any atom is 0.287 e. The minimum atomic E-state index is -0.591. The molecular formula is C16H16Cl2N4O3S. The highest BCUT2D eigenvalue weighted by atomic mass is 35.5. The average Bonchev–Trinajstić information content (AvgIpc) is 2.63. The third kappa shape index (κ3) is 5.76. The summed E-state index contributed by atoms with van der Waals surface area (Å²) in [7, 11) is 1.52. The number of rotatable bonds is 7. The van der Waals surface area contributed by atoms with Gasteiger partial charge in [-0.1, -0.05) is 35.3 Å². The highest BCUT2D eigenvalue weighted by molar-refractivity contribution is 8.00. The Labute approximate surface area is 164 Å². The van der Waals surface area contributed by atoms with Gasteiger partial charge in [0.05, 0.1) is 16.8 Å². The molecule has 138 valence electrons. The minimum Gasteiger partial charge on any atom is -0.358 e. The van der Waals surface area contributed by atoms with Crippen molar-refractivity contribution in [2.24, 2.45) is 0 Å². The Morgan fingerprint density at radius 2 is 2.04 bits per heavy atom. The third-order valence-electron chi connectivity index (χ3n) is 3.26. The number of hydrogen-bond donors (Lipinski definition) is 2. The van der Waals surface area contributed by atoms with Gasteiger partial charge in [-0.25, -0.2) is 4.68 Å². The third-order valence-corrected chi connectivity index (χ3v) is 5.00. The van der Waals surface area contributed by atoms with Crippen LogP contribution in [0.3, 0.4) is 0 Å². The summed E-state index contributed by atoms with van der Waals surface area (Å²) in [6.07, 6.45) is 1.36. The zero-order valence-corrected chi connectivity index (χ0v) is 16.1. The SMILES string of the molecule is CNC(=O)CSc1cnn(CC(=O)NCc2cccc(Cl)c2)c(=O)c1Cl. The van der Waals surface area contributed by atoms with Gasteiger partial charge in [0.2, 0.25) is 11.8 Å². The molecule has 0 radical (unpaired) electrons. The summed E-state index contributed by atoms with van der Waals surface area (Å²) in [6, 6.07) is 7.08. The smallest absolute Gasteiger partial charge is 0.287 e. The largest absolute Gasteiger partial charge is 0.358 e. The Morgan fingerprint density at radius 1 is 1.27 bits per heavy atom. The summed E-state index contributed by atoms with van der Waals surface area (Å²) < 4.78 is 0.972. The second-order valence-corrected chi connectivity index (χ2v) is 6.99. The van der Waals surface area contributed by atoms with Gasteiger partial charge in [0, 0.05) is 18.6 Å². The Bertz CT molecular complexity index is 873. The number of carbonyl (C=O) groups is 2. The van der Waals surface area contributed by atoms with Crippen LogP contribution in [0.1, 0.15) is 5.56 Å². The Kier molecular flexibility index (Phi) is 7.50. The van der Waals surface area contributed by atoms with Crippen molar-refractivity contribution in [1.82, 2.24) is 20.4 Å². The van der Waals surface area contributed by atoms with Gasteiger partial charge in [-0.2, -0.15) is 5.10 Å². The number of nitrogens with zero attached hydrogens (tertiary/aromatic N) is 2. The van der Waals surface area contributed by atoms with Crippen molar-refractivity contribution >= 4 is 46.8 Å². The molecule has 7 nitrogen and oxygen atoms in total. The van der Waals surface area contributed by atoms with Gasteiger partial charge >= 0.3 is 0 Å². The predicted octanol–water partition coefficient (Wildman–Crippen LogP) is 1.70. The van der Waals surface area contributed by atoms with Crippen molar-refractivity contribution in [1.29, 1.82) is 0 Å². The van der Waals surface area contributed by atoms with E-state index in [1.165, 1.54) is 13.2 Å². The van der Waals surface area contributed by atoms with Crippen molar-refractivity contribution in [2.75, 3.05) is 12.8 Å². The first-order valence-electron chi connectivity index (χ1n) is 7.51. The molecule has 0 aliphatic heterocycles. The van der Waals surface area contributed by atoms with Crippen LogP contribution in [0, 0.1) is 0 Å². The molecule has 1 aromatic carbocycles. The van der Waals surface area contributed by atoms with E-state index in [1.807, 2.05) is 6.07 Å². The van der Waals surface area contributed by atoms with Gasteiger partial charge < -0.3 is 10.6 Å². The lowest BCUT2D eigenvalue weighted by atomic mass is 10.2. The summed E-state index contributed by atoms with van der Waals surface area (Å²) in [5.74, 6) is -0.473. The molecule has 1 aromatic heterocycles. The van der Waals surface area contributed by atoms with Crippen LogP contribution in [0.15, 0.2) is 40.2 Å². The number of aromatic nitrogens is 2. The minimum absolute atomic E-state index is 0.0726. The van der Waals surface area contributed by atoms with Crippen LogP contribution in [0.4, 0.5) is 0 Å². The zero-order valence-electron chi connectivity index (χ0n) is 13.8. The van der Waals surface area contributed by atoms with Crippen molar-refractivity contribution in [3.8, 4) is 0 Å². The number of thioether (sulfide) groups is 1. The van der Waals surface area contributed by atoms with Gasteiger partial charge in [-0.3, -0.25) is 14.4 Å². The van der Waals surface area contributed by atoms with Crippen molar-refractivity contribution in [3.63, 3.8) is 0 Å². The molecule has 2 rings (SSSR count). The molecule has 0 atom stereocenters. The van der Waals surface area contributed by atoms with Gasteiger partial charge in [0.15, 0.2) is 0 Å². The summed E-state index contributed by atoms with van der Waals surface area (Å²) in [4.78, 5) is 35.9. The molecule has 0 unspecified atom stereocenters. The van der Waals surface area contributed by atoms with E-state index < -0.39 is 5.56 Å². The summed E-state index contributed by atoms with van der Waals surface area (Å²) in [5.41, 5.74) is 0.247. The van der Waals surface area contributed by atoms with Crippen LogP contribution in [0.25, 0.3) is 0 Å². The molecule has 0 saturated carbocycles. The van der Waals surface area contributed by atoms with Crippen LogP contribution in [0.2, 0.25) is 10.0 Å². The van der Waals surface area contributed by atoms with Crippen LogP contribution in [-0.4, -0.2) is 34.4 Å². The van der Waals surface area contributed by atoms with E-state index in [2.05, 4.69) is 15.7 Å². The molecule has 0 aliphatic rings. The van der Waals surface area contributed by atoms with Gasteiger partial charge in [-0.05, 0) is 17.7 Å². The quantitative estimate of drug-likeness (QED) is 0.672. The highest BCUT2D eigenvalue weighted by Crippen LogP contribution is 2.22. The van der Waals surface area contributed by atoms with E-state index in [9.17, 15) is 14.4 Å². The van der Waals surface area contributed by atoms with Crippen LogP contribution in [-0.2, 0) is 22.7 Å². The topological polar surface area (TPSA) is 93.1 Å². The summed E-state index contributed by atoms with van der Waals surface area (Å²) in [5, 5.41) is 9.59. The number of nitrogens with one attached hydrogen (secondary N) is 2. The second-order valence-electron chi connectivity index (χ2n) is 5.15. The number of benzene rings is 1. The maximum absolute atomic E-state index is 12.2. The predicted molar refractivity (Wildman–Crippen MR) is 102 cm³/mol. The van der Waals surface area contributed by atoms with Crippen LogP contribution < -0.4 is 16.2 Å². The Morgan fingerprint density at radius 3 is 2.73 bits per heavy atom. The summed E-state index contributed by atoms with van der Waals surface area (Å²) >= 11 is 13.0. The first-order chi connectivity index (χ1) is 12.4. The van der Waals surface area contributed by atoms with E-state index in [1.54, 1.807) is 18.2 Å². The van der Waals surface area contributed by atoms with E-state index in [0.29, 0.717) is 9.92 Å². The molecule has 26 heavy (non-hydrogen) atoms. The number of hydrogen-bond acceptors (Lipinski definition) is 5. The van der Waals surface area contributed by atoms with Crippen molar-refractivity contribution in [2.45, 2.75) is 18.0 Å². The van der Waals surface area contributed by atoms with Gasteiger partial charge in [0.1, 0.15) is 11.6 Å². The molecule has 0 saturated heterocycles. The first kappa shape index (κ1) is 20.3. The van der Waals surface area contributed by atoms with Gasteiger partial charge in [0.25, 0.3) is 5.56 Å². The lowest BCUT2D eigenvalue weighted by Gasteiger charge is -2.09. The first-order valence-corrected chi connectivity index (χ1v) is 9.25. The molecule has 0 fully saturated rings. The van der Waals surface area contributed by atoms with Crippen LogP contribution in [0.5, 0.6) is 0 Å². The lowest BCUT2D eigenvalue weighted by molar-refractivity contribution is -0.122. The molecular weight excluding hydrogens is 399 g/mol. The van der Waals surface area contributed by atoms with E-state index >= 15 is 0 Å². The molecule has 2 N–H and O–H groups in total. The Balaban J connectivity index is 1.98. The van der Waals surface area contributed by atoms with E-state index in [4.69, 9.17) is 23.2 Å². The lowest BCUT2D eigenvalue weighted by Crippen LogP contribution is -2.33. The Hall–Kier alpha value is -2.03. The molecule has 1 heterocycles. The summed E-state index contributed by atoms with van der Waals surface area (Å²) in [6.45, 7) is 0.0153. The highest BCUT2D eigenvalue weighted by Gasteiger charge is 2.13. The zero-order chi connectivity index (χ0) is 19.1. The fourth-order valence-electron chi connectivity index (χ4n) is 1.92. The molecule has 2 aromatic rings. The van der Waals surface area contributed by atoms with Crippen molar-refractivity contribution < 1.29 is 9.59 Å². The van der Waals surface area contributed by atoms with E-state index in [0.717, 1.165) is 22.0 Å². The average molecular weight is 415 g/mol. The molecule has 0 bridgehead atoms. The normalized spacial score (nSPS) is 10.4. The standard InChI is InChI=1S/C16H16Cl2N4O3S/c1-19-14(24)9-26-12-7-21-22(16(25)15(12)18)8-13(23)20-6-10-3-2-4-11(17)5-10/h2-5,7H,6,8-9H2,1H3,(H,19,24)(H,20,23).